The number of methoxy groups -OCH3 is 2. The Morgan fingerprint density at radius 2 is 1.81 bits per heavy atom. The highest BCUT2D eigenvalue weighted by molar-refractivity contribution is 6.35. The largest absolute Gasteiger partial charge is 0.493 e. The summed E-state index contributed by atoms with van der Waals surface area (Å²) in [5.41, 5.74) is 2.72. The van der Waals surface area contributed by atoms with Crippen LogP contribution in [0.15, 0.2) is 30.3 Å². The third kappa shape index (κ3) is 3.55. The monoisotopic (exact) mass is 325 g/mol. The zero-order valence-corrected chi connectivity index (χ0v) is 13.7. The Labute approximate surface area is 134 Å². The van der Waals surface area contributed by atoms with Crippen LogP contribution in [0.5, 0.6) is 11.5 Å². The van der Waals surface area contributed by atoms with Crippen LogP contribution in [0, 0.1) is 6.92 Å². The van der Waals surface area contributed by atoms with Crippen LogP contribution >= 0.6 is 23.2 Å². The van der Waals surface area contributed by atoms with Gasteiger partial charge in [-0.25, -0.2) is 0 Å². The maximum atomic E-state index is 6.22. The van der Waals surface area contributed by atoms with Crippen molar-refractivity contribution in [3.05, 3.63) is 51.5 Å². The molecule has 2 aromatic rings. The summed E-state index contributed by atoms with van der Waals surface area (Å²) >= 11 is 12.4. The predicted molar refractivity (Wildman–Crippen MR) is 88.1 cm³/mol. The molecule has 2 rings (SSSR count). The number of nitrogens with one attached hydrogen (secondary N) is 1. The molecule has 0 aliphatic rings. The molecule has 2 aromatic carbocycles. The zero-order chi connectivity index (χ0) is 15.4. The first-order valence-corrected chi connectivity index (χ1v) is 7.21. The van der Waals surface area contributed by atoms with Crippen LogP contribution in [-0.2, 0) is 6.54 Å². The summed E-state index contributed by atoms with van der Waals surface area (Å²) in [4.78, 5) is 0. The Hall–Kier alpha value is -1.58. The van der Waals surface area contributed by atoms with E-state index in [1.807, 2.05) is 37.3 Å². The molecule has 0 fully saturated rings. The molecule has 21 heavy (non-hydrogen) atoms. The average molecular weight is 326 g/mol. The Morgan fingerprint density at radius 3 is 2.48 bits per heavy atom. The summed E-state index contributed by atoms with van der Waals surface area (Å²) < 4.78 is 10.7. The molecule has 0 atom stereocenters. The Morgan fingerprint density at radius 1 is 1.05 bits per heavy atom. The van der Waals surface area contributed by atoms with Crippen molar-refractivity contribution >= 4 is 28.9 Å². The van der Waals surface area contributed by atoms with Crippen LogP contribution < -0.4 is 14.8 Å². The van der Waals surface area contributed by atoms with Crippen molar-refractivity contribution in [3.63, 3.8) is 0 Å². The van der Waals surface area contributed by atoms with Crippen molar-refractivity contribution in [1.29, 1.82) is 0 Å². The maximum Gasteiger partial charge on any atom is 0.165 e. The fourth-order valence-electron chi connectivity index (χ4n) is 2.07. The van der Waals surface area contributed by atoms with Gasteiger partial charge in [-0.2, -0.15) is 0 Å². The number of rotatable bonds is 5. The van der Waals surface area contributed by atoms with Crippen molar-refractivity contribution in [3.8, 4) is 11.5 Å². The van der Waals surface area contributed by atoms with E-state index < -0.39 is 0 Å². The van der Waals surface area contributed by atoms with Gasteiger partial charge in [-0.05, 0) is 30.7 Å². The smallest absolute Gasteiger partial charge is 0.165 e. The fraction of sp³-hybridized carbons (Fsp3) is 0.250. The molecule has 0 radical (unpaired) electrons. The first kappa shape index (κ1) is 15.8. The molecule has 0 unspecified atom stereocenters. The lowest BCUT2D eigenvalue weighted by atomic mass is 10.1. The maximum absolute atomic E-state index is 6.22. The normalized spacial score (nSPS) is 10.3. The molecule has 0 saturated heterocycles. The number of aryl methyl sites for hydroxylation is 1. The second-order valence-corrected chi connectivity index (χ2v) is 5.40. The number of hydrogen-bond donors (Lipinski definition) is 1. The average Bonchev–Trinajstić information content (AvgIpc) is 2.49. The summed E-state index contributed by atoms with van der Waals surface area (Å²) in [5, 5.41) is 4.59. The Bertz CT molecular complexity index is 644. The quantitative estimate of drug-likeness (QED) is 0.845. The SMILES string of the molecule is COc1cccc(CNc2cc(Cl)c(C)cc2Cl)c1OC. The number of halogens is 2. The molecule has 5 heteroatoms. The Kier molecular flexibility index (Phi) is 5.21. The van der Waals surface area contributed by atoms with Crippen molar-refractivity contribution in [2.45, 2.75) is 13.5 Å². The molecular weight excluding hydrogens is 309 g/mol. The molecule has 0 aliphatic heterocycles. The number of benzene rings is 2. The van der Waals surface area contributed by atoms with E-state index in [4.69, 9.17) is 32.7 Å². The second-order valence-electron chi connectivity index (χ2n) is 4.59. The predicted octanol–water partition coefficient (Wildman–Crippen LogP) is 4.93. The number of ether oxygens (including phenoxy) is 2. The first-order valence-electron chi connectivity index (χ1n) is 6.46. The van der Waals surface area contributed by atoms with Crippen LogP contribution in [0.4, 0.5) is 5.69 Å². The molecule has 0 aliphatic carbocycles. The van der Waals surface area contributed by atoms with Crippen LogP contribution in [0.2, 0.25) is 10.0 Å². The molecule has 0 amide bonds. The highest BCUT2D eigenvalue weighted by Crippen LogP contribution is 2.33. The number of anilines is 1. The molecule has 1 N–H and O–H groups in total. The van der Waals surface area contributed by atoms with Crippen LogP contribution in [0.3, 0.4) is 0 Å². The van der Waals surface area contributed by atoms with Gasteiger partial charge in [0, 0.05) is 17.1 Å². The minimum Gasteiger partial charge on any atom is -0.493 e. The van der Waals surface area contributed by atoms with Gasteiger partial charge in [0.15, 0.2) is 11.5 Å². The van der Waals surface area contributed by atoms with E-state index in [0.717, 1.165) is 16.8 Å². The molecule has 0 aromatic heterocycles. The van der Waals surface area contributed by atoms with E-state index >= 15 is 0 Å². The van der Waals surface area contributed by atoms with E-state index in [1.54, 1.807) is 14.2 Å². The number of para-hydroxylation sites is 1. The summed E-state index contributed by atoms with van der Waals surface area (Å²) in [6.45, 7) is 2.47. The number of hydrogen-bond acceptors (Lipinski definition) is 3. The second kappa shape index (κ2) is 6.92. The van der Waals surface area contributed by atoms with Gasteiger partial charge >= 0.3 is 0 Å². The lowest BCUT2D eigenvalue weighted by molar-refractivity contribution is 0.352. The third-order valence-electron chi connectivity index (χ3n) is 3.20. The molecular formula is C16H17Cl2NO2. The van der Waals surface area contributed by atoms with Crippen molar-refractivity contribution in [2.75, 3.05) is 19.5 Å². The highest BCUT2D eigenvalue weighted by Gasteiger charge is 2.10. The molecule has 3 nitrogen and oxygen atoms in total. The molecule has 112 valence electrons. The van der Waals surface area contributed by atoms with Gasteiger partial charge in [0.05, 0.1) is 24.9 Å². The van der Waals surface area contributed by atoms with Gasteiger partial charge in [-0.1, -0.05) is 35.3 Å². The van der Waals surface area contributed by atoms with E-state index in [0.29, 0.717) is 28.1 Å². The third-order valence-corrected chi connectivity index (χ3v) is 3.92. The van der Waals surface area contributed by atoms with Gasteiger partial charge in [0.2, 0.25) is 0 Å². The molecule has 0 heterocycles. The van der Waals surface area contributed by atoms with E-state index in [-0.39, 0.29) is 0 Å². The van der Waals surface area contributed by atoms with Crippen LogP contribution in [0.25, 0.3) is 0 Å². The van der Waals surface area contributed by atoms with E-state index in [9.17, 15) is 0 Å². The summed E-state index contributed by atoms with van der Waals surface area (Å²) in [5.74, 6) is 1.41. The molecule has 0 saturated carbocycles. The van der Waals surface area contributed by atoms with Gasteiger partial charge in [0.1, 0.15) is 0 Å². The zero-order valence-electron chi connectivity index (χ0n) is 12.2. The fourth-order valence-corrected chi connectivity index (χ4v) is 2.51. The topological polar surface area (TPSA) is 30.5 Å². The van der Waals surface area contributed by atoms with Crippen LogP contribution in [-0.4, -0.2) is 14.2 Å². The first-order chi connectivity index (χ1) is 10.1. The van der Waals surface area contributed by atoms with Crippen LogP contribution in [0.1, 0.15) is 11.1 Å². The van der Waals surface area contributed by atoms with Crippen molar-refractivity contribution < 1.29 is 9.47 Å². The minimum absolute atomic E-state index is 0.555. The standard InChI is InChI=1S/C16H17Cl2NO2/c1-10-7-13(18)14(8-12(10)17)19-9-11-5-4-6-15(20-2)16(11)21-3/h4-8,19H,9H2,1-3H3. The van der Waals surface area contributed by atoms with Gasteiger partial charge < -0.3 is 14.8 Å². The van der Waals surface area contributed by atoms with Gasteiger partial charge in [0.25, 0.3) is 0 Å². The minimum atomic E-state index is 0.555. The van der Waals surface area contributed by atoms with Gasteiger partial charge in [-0.3, -0.25) is 0 Å². The lowest BCUT2D eigenvalue weighted by Gasteiger charge is -2.15. The molecule has 0 bridgehead atoms. The van der Waals surface area contributed by atoms with E-state index in [2.05, 4.69) is 5.32 Å². The van der Waals surface area contributed by atoms with Gasteiger partial charge in [-0.15, -0.1) is 0 Å². The van der Waals surface area contributed by atoms with Crippen molar-refractivity contribution in [1.82, 2.24) is 0 Å². The summed E-state index contributed by atoms with van der Waals surface area (Å²) in [6.07, 6.45) is 0. The Balaban J connectivity index is 2.22. The highest BCUT2D eigenvalue weighted by atomic mass is 35.5. The summed E-state index contributed by atoms with van der Waals surface area (Å²) in [7, 11) is 3.24. The molecule has 0 spiro atoms. The van der Waals surface area contributed by atoms with Crippen molar-refractivity contribution in [2.24, 2.45) is 0 Å². The lowest BCUT2D eigenvalue weighted by Crippen LogP contribution is -2.03. The summed E-state index contributed by atoms with van der Waals surface area (Å²) in [6, 6.07) is 9.42. The van der Waals surface area contributed by atoms with E-state index in [1.165, 1.54) is 0 Å².